The summed E-state index contributed by atoms with van der Waals surface area (Å²) in [7, 11) is 1.70. The maximum absolute atomic E-state index is 9.39. The minimum Gasteiger partial charge on any atom is -0.391 e. The van der Waals surface area contributed by atoms with Crippen LogP contribution in [-0.2, 0) is 11.3 Å². The molecule has 5 nitrogen and oxygen atoms in total. The highest BCUT2D eigenvalue weighted by Crippen LogP contribution is 2.36. The maximum Gasteiger partial charge on any atom is 0.137 e. The number of ether oxygens (including phenoxy) is 1. The van der Waals surface area contributed by atoms with Crippen molar-refractivity contribution >= 4 is 5.82 Å². The Hall–Kier alpha value is -1.20. The SMILES string of the molecule is COCCN(c1ncncc1CO)C(C)C1CC1. The average Bonchev–Trinajstić information content (AvgIpc) is 3.23. The second-order valence-corrected chi connectivity index (χ2v) is 4.79. The van der Waals surface area contributed by atoms with Crippen molar-refractivity contribution in [3.05, 3.63) is 18.1 Å². The highest BCUT2D eigenvalue weighted by molar-refractivity contribution is 5.46. The Morgan fingerprint density at radius 3 is 2.94 bits per heavy atom. The van der Waals surface area contributed by atoms with E-state index in [0.717, 1.165) is 23.8 Å². The number of rotatable bonds is 7. The van der Waals surface area contributed by atoms with Crippen LogP contribution in [0.5, 0.6) is 0 Å². The molecule has 1 heterocycles. The third-order valence-corrected chi connectivity index (χ3v) is 3.54. The summed E-state index contributed by atoms with van der Waals surface area (Å²) in [6, 6.07) is 0.431. The largest absolute Gasteiger partial charge is 0.391 e. The Morgan fingerprint density at radius 2 is 2.33 bits per heavy atom. The molecule has 1 N–H and O–H groups in total. The van der Waals surface area contributed by atoms with Crippen LogP contribution >= 0.6 is 0 Å². The van der Waals surface area contributed by atoms with Gasteiger partial charge in [0.15, 0.2) is 0 Å². The van der Waals surface area contributed by atoms with E-state index in [-0.39, 0.29) is 6.61 Å². The van der Waals surface area contributed by atoms with Gasteiger partial charge >= 0.3 is 0 Å². The van der Waals surface area contributed by atoms with E-state index in [2.05, 4.69) is 21.8 Å². The van der Waals surface area contributed by atoms with Crippen LogP contribution in [0.3, 0.4) is 0 Å². The number of aromatic nitrogens is 2. The minimum atomic E-state index is -0.0307. The lowest BCUT2D eigenvalue weighted by Gasteiger charge is -2.31. The van der Waals surface area contributed by atoms with Crippen molar-refractivity contribution in [2.24, 2.45) is 5.92 Å². The summed E-state index contributed by atoms with van der Waals surface area (Å²) < 4.78 is 5.17. The molecule has 1 saturated carbocycles. The lowest BCUT2D eigenvalue weighted by Crippen LogP contribution is -2.38. The molecular weight excluding hydrogens is 230 g/mol. The van der Waals surface area contributed by atoms with Gasteiger partial charge in [-0.1, -0.05) is 0 Å². The number of methoxy groups -OCH3 is 1. The molecule has 18 heavy (non-hydrogen) atoms. The van der Waals surface area contributed by atoms with Gasteiger partial charge in [0, 0.05) is 31.5 Å². The van der Waals surface area contributed by atoms with Gasteiger partial charge in [-0.2, -0.15) is 0 Å². The van der Waals surface area contributed by atoms with E-state index in [4.69, 9.17) is 4.74 Å². The van der Waals surface area contributed by atoms with Gasteiger partial charge in [0.2, 0.25) is 0 Å². The van der Waals surface area contributed by atoms with E-state index in [1.807, 2.05) is 0 Å². The van der Waals surface area contributed by atoms with Gasteiger partial charge in [0.1, 0.15) is 12.1 Å². The first-order valence-corrected chi connectivity index (χ1v) is 6.43. The van der Waals surface area contributed by atoms with Crippen LogP contribution in [-0.4, -0.2) is 41.4 Å². The summed E-state index contributed by atoms with van der Waals surface area (Å²) in [4.78, 5) is 10.5. The maximum atomic E-state index is 9.39. The number of hydrogen-bond donors (Lipinski definition) is 1. The lowest BCUT2D eigenvalue weighted by atomic mass is 10.1. The lowest BCUT2D eigenvalue weighted by molar-refractivity contribution is 0.202. The van der Waals surface area contributed by atoms with Crippen molar-refractivity contribution in [3.63, 3.8) is 0 Å². The second kappa shape index (κ2) is 6.11. The molecule has 100 valence electrons. The van der Waals surface area contributed by atoms with E-state index in [9.17, 15) is 5.11 Å². The molecule has 0 aromatic carbocycles. The van der Waals surface area contributed by atoms with E-state index >= 15 is 0 Å². The number of hydrogen-bond acceptors (Lipinski definition) is 5. The number of aliphatic hydroxyl groups excluding tert-OH is 1. The molecular formula is C13H21N3O2. The number of anilines is 1. The zero-order valence-corrected chi connectivity index (χ0v) is 11.0. The fraction of sp³-hybridized carbons (Fsp3) is 0.692. The highest BCUT2D eigenvalue weighted by Gasteiger charge is 2.33. The van der Waals surface area contributed by atoms with Crippen LogP contribution < -0.4 is 4.90 Å². The quantitative estimate of drug-likeness (QED) is 0.789. The first-order chi connectivity index (χ1) is 8.77. The molecule has 1 atom stereocenters. The normalized spacial score (nSPS) is 16.6. The van der Waals surface area contributed by atoms with E-state index < -0.39 is 0 Å². The van der Waals surface area contributed by atoms with Gasteiger partial charge < -0.3 is 14.7 Å². The molecule has 0 saturated heterocycles. The summed E-state index contributed by atoms with van der Waals surface area (Å²) in [5.74, 6) is 1.58. The summed E-state index contributed by atoms with van der Waals surface area (Å²) in [6.45, 7) is 3.64. The summed E-state index contributed by atoms with van der Waals surface area (Å²) in [6.07, 6.45) is 5.78. The van der Waals surface area contributed by atoms with Gasteiger partial charge in [-0.3, -0.25) is 0 Å². The first kappa shape index (κ1) is 13.2. The fourth-order valence-corrected chi connectivity index (χ4v) is 2.25. The Labute approximate surface area is 108 Å². The Balaban J connectivity index is 2.20. The van der Waals surface area contributed by atoms with Crippen molar-refractivity contribution in [1.82, 2.24) is 9.97 Å². The molecule has 2 rings (SSSR count). The topological polar surface area (TPSA) is 58.5 Å². The van der Waals surface area contributed by atoms with Gasteiger partial charge in [-0.25, -0.2) is 9.97 Å². The van der Waals surface area contributed by atoms with E-state index in [1.165, 1.54) is 19.2 Å². The minimum absolute atomic E-state index is 0.0307. The summed E-state index contributed by atoms with van der Waals surface area (Å²) >= 11 is 0. The third-order valence-electron chi connectivity index (χ3n) is 3.54. The Kier molecular flexibility index (Phi) is 4.49. The van der Waals surface area contributed by atoms with Crippen molar-refractivity contribution < 1.29 is 9.84 Å². The monoisotopic (exact) mass is 251 g/mol. The second-order valence-electron chi connectivity index (χ2n) is 4.79. The Morgan fingerprint density at radius 1 is 1.56 bits per heavy atom. The van der Waals surface area contributed by atoms with Crippen molar-refractivity contribution in [1.29, 1.82) is 0 Å². The third kappa shape index (κ3) is 2.97. The summed E-state index contributed by atoms with van der Waals surface area (Å²) in [5, 5.41) is 9.39. The van der Waals surface area contributed by atoms with Crippen molar-refractivity contribution in [2.75, 3.05) is 25.2 Å². The molecule has 0 aliphatic heterocycles. The average molecular weight is 251 g/mol. The van der Waals surface area contributed by atoms with Gasteiger partial charge in [0.05, 0.1) is 13.2 Å². The molecule has 1 fully saturated rings. The molecule has 1 aromatic heterocycles. The van der Waals surface area contributed by atoms with Crippen LogP contribution in [0.1, 0.15) is 25.3 Å². The van der Waals surface area contributed by atoms with E-state index in [1.54, 1.807) is 13.3 Å². The number of nitrogens with zero attached hydrogens (tertiary/aromatic N) is 3. The highest BCUT2D eigenvalue weighted by atomic mass is 16.5. The van der Waals surface area contributed by atoms with Gasteiger partial charge in [0.25, 0.3) is 0 Å². The van der Waals surface area contributed by atoms with Crippen molar-refractivity contribution in [2.45, 2.75) is 32.4 Å². The Bertz CT molecular complexity index is 382. The smallest absolute Gasteiger partial charge is 0.137 e. The molecule has 1 aromatic rings. The van der Waals surface area contributed by atoms with Gasteiger partial charge in [-0.05, 0) is 25.7 Å². The summed E-state index contributed by atoms with van der Waals surface area (Å²) in [5.41, 5.74) is 0.779. The standard InChI is InChI=1S/C13H21N3O2/c1-10(11-3-4-11)16(5-6-18-2)13-12(8-17)7-14-9-15-13/h7,9-11,17H,3-6,8H2,1-2H3. The van der Waals surface area contributed by atoms with Gasteiger partial charge in [-0.15, -0.1) is 0 Å². The molecule has 5 heteroatoms. The predicted octanol–water partition coefficient (Wildman–Crippen LogP) is 1.22. The molecule has 1 aliphatic carbocycles. The first-order valence-electron chi connectivity index (χ1n) is 6.43. The van der Waals surface area contributed by atoms with Crippen molar-refractivity contribution in [3.8, 4) is 0 Å². The molecule has 0 amide bonds. The van der Waals surface area contributed by atoms with Crippen LogP contribution in [0.15, 0.2) is 12.5 Å². The van der Waals surface area contributed by atoms with Crippen LogP contribution in [0.25, 0.3) is 0 Å². The number of aliphatic hydroxyl groups is 1. The van der Waals surface area contributed by atoms with Crippen LogP contribution in [0.4, 0.5) is 5.82 Å². The van der Waals surface area contributed by atoms with E-state index in [0.29, 0.717) is 12.6 Å². The molecule has 1 unspecified atom stereocenters. The molecule has 0 bridgehead atoms. The molecule has 1 aliphatic rings. The zero-order chi connectivity index (χ0) is 13.0. The fourth-order valence-electron chi connectivity index (χ4n) is 2.25. The molecule has 0 radical (unpaired) electrons. The predicted molar refractivity (Wildman–Crippen MR) is 69.4 cm³/mol. The zero-order valence-electron chi connectivity index (χ0n) is 11.0. The van der Waals surface area contributed by atoms with Crippen LogP contribution in [0.2, 0.25) is 0 Å². The molecule has 0 spiro atoms. The van der Waals surface area contributed by atoms with Crippen LogP contribution in [0, 0.1) is 5.92 Å².